The molecule has 2 rings (SSSR count). The molecule has 1 aliphatic heterocycles. The van der Waals surface area contributed by atoms with Crippen molar-refractivity contribution in [1.82, 2.24) is 9.88 Å². The average molecular weight is 302 g/mol. The number of likely N-dealkylation sites (tertiary alicyclic amines) is 1. The molecule has 1 saturated heterocycles. The molecule has 21 heavy (non-hydrogen) atoms. The fourth-order valence-electron chi connectivity index (χ4n) is 2.40. The van der Waals surface area contributed by atoms with Crippen LogP contribution >= 0.6 is 0 Å². The quantitative estimate of drug-likeness (QED) is 0.894. The van der Waals surface area contributed by atoms with E-state index in [0.29, 0.717) is 18.1 Å². The minimum atomic E-state index is -4.29. The van der Waals surface area contributed by atoms with Gasteiger partial charge in [-0.05, 0) is 31.5 Å². The highest BCUT2D eigenvalue weighted by molar-refractivity contribution is 5.91. The molecule has 1 atom stereocenters. The minimum Gasteiger partial charge on any atom is -0.373 e. The van der Waals surface area contributed by atoms with Crippen LogP contribution in [0.1, 0.15) is 12.8 Å². The maximum atomic E-state index is 12.8. The van der Waals surface area contributed by atoms with E-state index in [1.165, 1.54) is 0 Å². The third kappa shape index (κ3) is 4.07. The van der Waals surface area contributed by atoms with E-state index in [1.54, 1.807) is 25.2 Å². The van der Waals surface area contributed by atoms with Gasteiger partial charge in [-0.1, -0.05) is 6.07 Å². The zero-order chi connectivity index (χ0) is 15.5. The number of carbonyl (C=O) groups is 1. The van der Waals surface area contributed by atoms with E-state index in [1.807, 2.05) is 0 Å². The van der Waals surface area contributed by atoms with E-state index in [4.69, 9.17) is 0 Å². The Balaban J connectivity index is 1.95. The van der Waals surface area contributed by atoms with Gasteiger partial charge in [0, 0.05) is 7.05 Å². The van der Waals surface area contributed by atoms with Crippen LogP contribution < -0.4 is 10.6 Å². The summed E-state index contributed by atoms with van der Waals surface area (Å²) in [7, 11) is 1.69. The van der Waals surface area contributed by atoms with Gasteiger partial charge in [-0.2, -0.15) is 13.2 Å². The van der Waals surface area contributed by atoms with Crippen molar-refractivity contribution in [2.75, 3.05) is 30.8 Å². The van der Waals surface area contributed by atoms with Crippen molar-refractivity contribution >= 4 is 17.5 Å². The van der Waals surface area contributed by atoms with Crippen LogP contribution in [0.25, 0.3) is 0 Å². The van der Waals surface area contributed by atoms with Gasteiger partial charge in [-0.3, -0.25) is 9.69 Å². The number of hydrogen-bond donors (Lipinski definition) is 2. The fourth-order valence-corrected chi connectivity index (χ4v) is 2.40. The second-order valence-corrected chi connectivity index (χ2v) is 4.88. The van der Waals surface area contributed by atoms with Crippen molar-refractivity contribution in [3.63, 3.8) is 0 Å². The van der Waals surface area contributed by atoms with Gasteiger partial charge in [0.15, 0.2) is 0 Å². The number of aromatic nitrogens is 1. The Kier molecular flexibility index (Phi) is 4.66. The molecular weight excluding hydrogens is 285 g/mol. The lowest BCUT2D eigenvalue weighted by Crippen LogP contribution is -2.44. The first-order valence-corrected chi connectivity index (χ1v) is 6.65. The molecule has 1 aromatic rings. The van der Waals surface area contributed by atoms with Crippen LogP contribution in [-0.2, 0) is 4.79 Å². The summed E-state index contributed by atoms with van der Waals surface area (Å²) in [5, 5.41) is 5.34. The van der Waals surface area contributed by atoms with Crippen LogP contribution in [0.3, 0.4) is 0 Å². The van der Waals surface area contributed by atoms with Crippen LogP contribution in [0.2, 0.25) is 0 Å². The molecule has 0 saturated carbocycles. The largest absolute Gasteiger partial charge is 0.404 e. The molecule has 1 fully saturated rings. The third-order valence-corrected chi connectivity index (χ3v) is 3.36. The zero-order valence-corrected chi connectivity index (χ0v) is 11.6. The summed E-state index contributed by atoms with van der Waals surface area (Å²) in [5.41, 5.74) is 0. The van der Waals surface area contributed by atoms with Crippen LogP contribution in [0.15, 0.2) is 18.2 Å². The number of carbonyl (C=O) groups excluding carboxylic acids is 1. The summed E-state index contributed by atoms with van der Waals surface area (Å²) in [6.07, 6.45) is -3.80. The molecule has 2 heterocycles. The summed E-state index contributed by atoms with van der Waals surface area (Å²) >= 11 is 0. The topological polar surface area (TPSA) is 57.3 Å². The maximum absolute atomic E-state index is 12.8. The number of halogens is 3. The van der Waals surface area contributed by atoms with Crippen molar-refractivity contribution in [3.05, 3.63) is 18.2 Å². The van der Waals surface area contributed by atoms with Gasteiger partial charge in [0.25, 0.3) is 0 Å². The first kappa shape index (κ1) is 15.6. The highest BCUT2D eigenvalue weighted by Gasteiger charge is 2.46. The van der Waals surface area contributed by atoms with Crippen LogP contribution in [0, 0.1) is 0 Å². The van der Waals surface area contributed by atoms with Gasteiger partial charge in [0.1, 0.15) is 17.7 Å². The molecule has 1 unspecified atom stereocenters. The van der Waals surface area contributed by atoms with Gasteiger partial charge in [0.2, 0.25) is 5.91 Å². The summed E-state index contributed by atoms with van der Waals surface area (Å²) in [5.74, 6) is 0.392. The van der Waals surface area contributed by atoms with Gasteiger partial charge < -0.3 is 10.6 Å². The second kappa shape index (κ2) is 6.30. The number of amides is 1. The molecule has 1 aliphatic rings. The highest BCUT2D eigenvalue weighted by Crippen LogP contribution is 2.32. The van der Waals surface area contributed by atoms with E-state index in [9.17, 15) is 18.0 Å². The number of rotatable bonds is 4. The number of hydrogen-bond acceptors (Lipinski definition) is 4. The zero-order valence-electron chi connectivity index (χ0n) is 11.6. The van der Waals surface area contributed by atoms with Gasteiger partial charge >= 0.3 is 6.18 Å². The molecule has 0 aliphatic carbocycles. The number of alkyl halides is 3. The maximum Gasteiger partial charge on any atom is 0.404 e. The Bertz CT molecular complexity index is 506. The van der Waals surface area contributed by atoms with Crippen molar-refractivity contribution in [2.24, 2.45) is 0 Å². The molecule has 116 valence electrons. The lowest BCUT2D eigenvalue weighted by molar-refractivity contribution is -0.176. The fraction of sp³-hybridized carbons (Fsp3) is 0.538. The van der Waals surface area contributed by atoms with E-state index in [-0.39, 0.29) is 19.5 Å². The Hall–Kier alpha value is -1.83. The van der Waals surface area contributed by atoms with Crippen molar-refractivity contribution in [3.8, 4) is 0 Å². The predicted molar refractivity (Wildman–Crippen MR) is 73.1 cm³/mol. The normalized spacial score (nSPS) is 19.5. The van der Waals surface area contributed by atoms with Gasteiger partial charge in [0.05, 0.1) is 6.54 Å². The van der Waals surface area contributed by atoms with Crippen LogP contribution in [-0.4, -0.2) is 48.1 Å². The molecule has 1 amide bonds. The van der Waals surface area contributed by atoms with Gasteiger partial charge in [-0.15, -0.1) is 0 Å². The third-order valence-electron chi connectivity index (χ3n) is 3.36. The van der Waals surface area contributed by atoms with Crippen molar-refractivity contribution in [2.45, 2.75) is 25.1 Å². The first-order valence-electron chi connectivity index (χ1n) is 6.65. The molecule has 2 N–H and O–H groups in total. The Morgan fingerprint density at radius 1 is 1.43 bits per heavy atom. The summed E-state index contributed by atoms with van der Waals surface area (Å²) in [6, 6.07) is 3.47. The van der Waals surface area contributed by atoms with E-state index < -0.39 is 18.1 Å². The second-order valence-electron chi connectivity index (χ2n) is 4.88. The Morgan fingerprint density at radius 2 is 2.14 bits per heavy atom. The van der Waals surface area contributed by atoms with E-state index in [2.05, 4.69) is 15.6 Å². The predicted octanol–water partition coefficient (Wildman–Crippen LogP) is 2.09. The molecule has 0 bridgehead atoms. The number of pyridine rings is 1. The standard InChI is InChI=1S/C13H17F3N4O/c1-17-10-5-2-6-11(18-10)19-12(21)8-20-7-3-4-9(20)13(14,15)16/h2,5-6,9H,3-4,7-8H2,1H3,(H2,17,18,19,21). The van der Waals surface area contributed by atoms with Gasteiger partial charge in [-0.25, -0.2) is 4.98 Å². The van der Waals surface area contributed by atoms with E-state index in [0.717, 1.165) is 4.90 Å². The van der Waals surface area contributed by atoms with Crippen LogP contribution in [0.5, 0.6) is 0 Å². The minimum absolute atomic E-state index is 0.0459. The van der Waals surface area contributed by atoms with Crippen molar-refractivity contribution in [1.29, 1.82) is 0 Å². The first-order chi connectivity index (χ1) is 9.90. The molecular formula is C13H17F3N4O. The van der Waals surface area contributed by atoms with Crippen molar-refractivity contribution < 1.29 is 18.0 Å². The van der Waals surface area contributed by atoms with E-state index >= 15 is 0 Å². The SMILES string of the molecule is CNc1cccc(NC(=O)CN2CCCC2C(F)(F)F)n1. The summed E-state index contributed by atoms with van der Waals surface area (Å²) < 4.78 is 38.4. The molecule has 1 aromatic heterocycles. The molecule has 0 aromatic carbocycles. The Morgan fingerprint density at radius 3 is 2.81 bits per heavy atom. The smallest absolute Gasteiger partial charge is 0.373 e. The number of anilines is 2. The molecule has 0 radical (unpaired) electrons. The summed E-state index contributed by atoms with van der Waals surface area (Å²) in [6.45, 7) is -0.00276. The average Bonchev–Trinajstić information content (AvgIpc) is 2.86. The molecule has 0 spiro atoms. The lowest BCUT2D eigenvalue weighted by Gasteiger charge is -2.25. The molecule has 5 nitrogen and oxygen atoms in total. The Labute approximate surface area is 120 Å². The molecule has 8 heteroatoms. The highest BCUT2D eigenvalue weighted by atomic mass is 19.4. The monoisotopic (exact) mass is 302 g/mol. The lowest BCUT2D eigenvalue weighted by atomic mass is 10.2. The number of nitrogens with zero attached hydrogens (tertiary/aromatic N) is 2. The number of nitrogens with one attached hydrogen (secondary N) is 2. The summed E-state index contributed by atoms with van der Waals surface area (Å²) in [4.78, 5) is 17.1. The van der Waals surface area contributed by atoms with Crippen LogP contribution in [0.4, 0.5) is 24.8 Å².